The number of ether oxygens (including phenoxy) is 1. The predicted molar refractivity (Wildman–Crippen MR) is 65.4 cm³/mol. The Morgan fingerprint density at radius 3 is 2.88 bits per heavy atom. The molecule has 4 heteroatoms. The highest BCUT2D eigenvalue weighted by molar-refractivity contribution is 7.97. The van der Waals surface area contributed by atoms with Crippen LogP contribution < -0.4 is 0 Å². The van der Waals surface area contributed by atoms with E-state index in [0.717, 1.165) is 13.1 Å². The Morgan fingerprint density at radius 1 is 1.44 bits per heavy atom. The lowest BCUT2D eigenvalue weighted by molar-refractivity contribution is -0.0280. The number of aryl methyl sites for hydroxylation is 1. The van der Waals surface area contributed by atoms with Gasteiger partial charge in [-0.3, -0.25) is 0 Å². The van der Waals surface area contributed by atoms with Gasteiger partial charge in [0.15, 0.2) is 0 Å². The molecule has 0 amide bonds. The fraction of sp³-hybridized carbons (Fsp3) is 0.500. The second-order valence-electron chi connectivity index (χ2n) is 3.97. The standard InChI is InChI=1S/C12H17NO2S/c1-10-2-4-12(5-3-10)16-13-6-7-15-11(8-13)9-14/h2-5,11,14H,6-9H2,1H3. The van der Waals surface area contributed by atoms with Crippen LogP contribution in [-0.4, -0.2) is 41.8 Å². The average molecular weight is 239 g/mol. The highest BCUT2D eigenvalue weighted by Gasteiger charge is 2.20. The van der Waals surface area contributed by atoms with Crippen LogP contribution >= 0.6 is 11.9 Å². The Bertz CT molecular complexity index is 328. The molecule has 1 aromatic carbocycles. The van der Waals surface area contributed by atoms with Crippen molar-refractivity contribution in [1.29, 1.82) is 0 Å². The number of morpholine rings is 1. The summed E-state index contributed by atoms with van der Waals surface area (Å²) in [6.45, 7) is 4.59. The van der Waals surface area contributed by atoms with E-state index in [-0.39, 0.29) is 12.7 Å². The average Bonchev–Trinajstić information content (AvgIpc) is 2.32. The first-order chi connectivity index (χ1) is 7.78. The highest BCUT2D eigenvalue weighted by atomic mass is 32.2. The Hall–Kier alpha value is -0.550. The van der Waals surface area contributed by atoms with Crippen LogP contribution in [-0.2, 0) is 4.74 Å². The van der Waals surface area contributed by atoms with Gasteiger partial charge in [0.2, 0.25) is 0 Å². The van der Waals surface area contributed by atoms with Crippen LogP contribution in [0.25, 0.3) is 0 Å². The molecule has 3 nitrogen and oxygen atoms in total. The molecule has 0 bridgehead atoms. The van der Waals surface area contributed by atoms with E-state index in [1.54, 1.807) is 11.9 Å². The van der Waals surface area contributed by atoms with Crippen molar-refractivity contribution in [1.82, 2.24) is 4.31 Å². The molecule has 1 N–H and O–H groups in total. The Kier molecular flexibility index (Phi) is 4.23. The molecule has 1 fully saturated rings. The second-order valence-corrected chi connectivity index (χ2v) is 5.14. The van der Waals surface area contributed by atoms with Crippen LogP contribution in [0.15, 0.2) is 29.2 Å². The number of rotatable bonds is 3. The van der Waals surface area contributed by atoms with E-state index in [1.807, 2.05) is 0 Å². The van der Waals surface area contributed by atoms with E-state index in [4.69, 9.17) is 9.84 Å². The Morgan fingerprint density at radius 2 is 2.19 bits per heavy atom. The van der Waals surface area contributed by atoms with Crippen LogP contribution in [0.3, 0.4) is 0 Å². The van der Waals surface area contributed by atoms with Gasteiger partial charge in [-0.15, -0.1) is 0 Å². The summed E-state index contributed by atoms with van der Waals surface area (Å²) in [7, 11) is 0. The second kappa shape index (κ2) is 5.68. The first-order valence-electron chi connectivity index (χ1n) is 5.50. The molecule has 0 aliphatic carbocycles. The van der Waals surface area contributed by atoms with Crippen molar-refractivity contribution >= 4 is 11.9 Å². The summed E-state index contributed by atoms with van der Waals surface area (Å²) in [5.74, 6) is 0. The molecule has 1 heterocycles. The number of hydrogen-bond acceptors (Lipinski definition) is 4. The Labute approximate surface area is 101 Å². The van der Waals surface area contributed by atoms with E-state index < -0.39 is 0 Å². The normalized spacial score (nSPS) is 22.2. The number of aliphatic hydroxyl groups excluding tert-OH is 1. The molecule has 1 atom stereocenters. The minimum Gasteiger partial charge on any atom is -0.394 e. The molecule has 16 heavy (non-hydrogen) atoms. The lowest BCUT2D eigenvalue weighted by Crippen LogP contribution is -2.40. The summed E-state index contributed by atoms with van der Waals surface area (Å²) in [5.41, 5.74) is 1.28. The summed E-state index contributed by atoms with van der Waals surface area (Å²) in [4.78, 5) is 1.24. The molecule has 2 rings (SSSR count). The summed E-state index contributed by atoms with van der Waals surface area (Å²) >= 11 is 1.73. The predicted octanol–water partition coefficient (Wildman–Crippen LogP) is 1.70. The van der Waals surface area contributed by atoms with E-state index in [0.29, 0.717) is 6.61 Å². The maximum atomic E-state index is 9.05. The lowest BCUT2D eigenvalue weighted by Gasteiger charge is -2.30. The topological polar surface area (TPSA) is 32.7 Å². The fourth-order valence-corrected chi connectivity index (χ4v) is 2.60. The van der Waals surface area contributed by atoms with Crippen molar-refractivity contribution in [2.45, 2.75) is 17.9 Å². The van der Waals surface area contributed by atoms with Crippen molar-refractivity contribution in [2.75, 3.05) is 26.3 Å². The molecule has 1 aliphatic heterocycles. The van der Waals surface area contributed by atoms with Crippen LogP contribution in [0, 0.1) is 6.92 Å². The first kappa shape index (κ1) is 11.9. The first-order valence-corrected chi connectivity index (χ1v) is 6.27. The molecular weight excluding hydrogens is 222 g/mol. The largest absolute Gasteiger partial charge is 0.394 e. The number of benzene rings is 1. The van der Waals surface area contributed by atoms with Crippen molar-refractivity contribution in [3.05, 3.63) is 29.8 Å². The molecule has 0 aromatic heterocycles. The minimum atomic E-state index is -0.0355. The van der Waals surface area contributed by atoms with Gasteiger partial charge in [0.25, 0.3) is 0 Å². The van der Waals surface area contributed by atoms with E-state index in [1.165, 1.54) is 10.5 Å². The summed E-state index contributed by atoms with van der Waals surface area (Å²) < 4.78 is 7.65. The maximum absolute atomic E-state index is 9.05. The quantitative estimate of drug-likeness (QED) is 0.814. The third-order valence-electron chi connectivity index (χ3n) is 2.56. The van der Waals surface area contributed by atoms with Crippen molar-refractivity contribution in [3.8, 4) is 0 Å². The van der Waals surface area contributed by atoms with Gasteiger partial charge < -0.3 is 9.84 Å². The molecule has 0 saturated carbocycles. The minimum absolute atomic E-state index is 0.0355. The molecule has 1 saturated heterocycles. The van der Waals surface area contributed by atoms with Crippen molar-refractivity contribution < 1.29 is 9.84 Å². The van der Waals surface area contributed by atoms with E-state index in [2.05, 4.69) is 35.5 Å². The molecule has 0 spiro atoms. The molecule has 1 aromatic rings. The van der Waals surface area contributed by atoms with Gasteiger partial charge in [-0.2, -0.15) is 0 Å². The monoisotopic (exact) mass is 239 g/mol. The zero-order chi connectivity index (χ0) is 11.4. The fourth-order valence-electron chi connectivity index (χ4n) is 1.63. The molecule has 1 unspecified atom stereocenters. The van der Waals surface area contributed by atoms with E-state index >= 15 is 0 Å². The van der Waals surface area contributed by atoms with Gasteiger partial charge in [-0.25, -0.2) is 4.31 Å². The summed E-state index contributed by atoms with van der Waals surface area (Å²) in [5, 5.41) is 9.05. The van der Waals surface area contributed by atoms with Crippen LogP contribution in [0.1, 0.15) is 5.56 Å². The number of hydrogen-bond donors (Lipinski definition) is 1. The van der Waals surface area contributed by atoms with Gasteiger partial charge in [0.05, 0.1) is 19.3 Å². The van der Waals surface area contributed by atoms with Gasteiger partial charge >= 0.3 is 0 Å². The van der Waals surface area contributed by atoms with Crippen molar-refractivity contribution in [2.24, 2.45) is 0 Å². The summed E-state index contributed by atoms with van der Waals surface area (Å²) in [6.07, 6.45) is -0.0355. The molecule has 0 radical (unpaired) electrons. The SMILES string of the molecule is Cc1ccc(SN2CCOC(CO)C2)cc1. The zero-order valence-corrected chi connectivity index (χ0v) is 10.2. The lowest BCUT2D eigenvalue weighted by atomic mass is 10.2. The van der Waals surface area contributed by atoms with Crippen LogP contribution in [0.2, 0.25) is 0 Å². The smallest absolute Gasteiger partial charge is 0.0942 e. The van der Waals surface area contributed by atoms with E-state index in [9.17, 15) is 0 Å². The number of aliphatic hydroxyl groups is 1. The highest BCUT2D eigenvalue weighted by Crippen LogP contribution is 2.24. The summed E-state index contributed by atoms with van der Waals surface area (Å²) in [6, 6.07) is 8.49. The molecule has 88 valence electrons. The molecule has 1 aliphatic rings. The Balaban J connectivity index is 1.91. The van der Waals surface area contributed by atoms with Crippen molar-refractivity contribution in [3.63, 3.8) is 0 Å². The third kappa shape index (κ3) is 3.22. The van der Waals surface area contributed by atoms with Gasteiger partial charge in [0, 0.05) is 18.0 Å². The van der Waals surface area contributed by atoms with Crippen LogP contribution in [0.4, 0.5) is 0 Å². The third-order valence-corrected chi connectivity index (χ3v) is 3.63. The van der Waals surface area contributed by atoms with Gasteiger partial charge in [-0.1, -0.05) is 17.7 Å². The van der Waals surface area contributed by atoms with Gasteiger partial charge in [0.1, 0.15) is 0 Å². The number of nitrogens with zero attached hydrogens (tertiary/aromatic N) is 1. The van der Waals surface area contributed by atoms with Crippen LogP contribution in [0.5, 0.6) is 0 Å². The zero-order valence-electron chi connectivity index (χ0n) is 9.43. The van der Waals surface area contributed by atoms with Gasteiger partial charge in [-0.05, 0) is 31.0 Å². The maximum Gasteiger partial charge on any atom is 0.0942 e. The molecular formula is C12H17NO2S.